The summed E-state index contributed by atoms with van der Waals surface area (Å²) in [6.45, 7) is 0. The van der Waals surface area contributed by atoms with Crippen molar-refractivity contribution >= 4 is 0 Å². The highest BCUT2D eigenvalue weighted by atomic mass is 19.1. The van der Waals surface area contributed by atoms with Gasteiger partial charge in [0.15, 0.2) is 0 Å². The zero-order valence-corrected chi connectivity index (χ0v) is 9.49. The van der Waals surface area contributed by atoms with Crippen molar-refractivity contribution in [3.63, 3.8) is 0 Å². The number of nitrogens with zero attached hydrogens (tertiary/aromatic N) is 2. The van der Waals surface area contributed by atoms with E-state index < -0.39 is 23.5 Å². The minimum absolute atomic E-state index is 0.337. The number of nitrogens with one attached hydrogen (secondary N) is 1. The Bertz CT molecular complexity index is 544. The van der Waals surface area contributed by atoms with Gasteiger partial charge in [0.1, 0.15) is 17.5 Å². The minimum atomic E-state index is -1.01. The number of rotatable bonds is 3. The molecule has 4 nitrogen and oxygen atoms in total. The van der Waals surface area contributed by atoms with E-state index in [-0.39, 0.29) is 5.56 Å². The Labute approximate surface area is 101 Å². The highest BCUT2D eigenvalue weighted by Gasteiger charge is 2.23. The molecular formula is C11H11F3N4. The maximum absolute atomic E-state index is 13.6. The van der Waals surface area contributed by atoms with E-state index in [0.29, 0.717) is 17.8 Å². The molecule has 1 aromatic heterocycles. The highest BCUT2D eigenvalue weighted by Crippen LogP contribution is 2.26. The Kier molecular flexibility index (Phi) is 3.35. The molecule has 0 spiro atoms. The molecule has 0 amide bonds. The predicted molar refractivity (Wildman–Crippen MR) is 58.7 cm³/mol. The average Bonchev–Trinajstić information content (AvgIpc) is 2.69. The molecule has 0 aliphatic heterocycles. The molecule has 96 valence electrons. The van der Waals surface area contributed by atoms with E-state index >= 15 is 0 Å². The second-order valence-corrected chi connectivity index (χ2v) is 3.80. The predicted octanol–water partition coefficient (Wildman–Crippen LogP) is 1.39. The first-order valence-electron chi connectivity index (χ1n) is 5.13. The summed E-state index contributed by atoms with van der Waals surface area (Å²) in [6, 6.07) is 1.79. The Hall–Kier alpha value is -1.86. The van der Waals surface area contributed by atoms with E-state index in [4.69, 9.17) is 5.84 Å². The van der Waals surface area contributed by atoms with Crippen LogP contribution in [0.5, 0.6) is 0 Å². The summed E-state index contributed by atoms with van der Waals surface area (Å²) < 4.78 is 41.6. The number of nitrogens with two attached hydrogens (primary N) is 1. The number of benzene rings is 1. The number of aryl methyl sites for hydroxylation is 1. The first kappa shape index (κ1) is 12.6. The van der Waals surface area contributed by atoms with Gasteiger partial charge in [-0.3, -0.25) is 10.5 Å². The van der Waals surface area contributed by atoms with Crippen molar-refractivity contribution in [3.8, 4) is 0 Å². The first-order valence-corrected chi connectivity index (χ1v) is 5.13. The van der Waals surface area contributed by atoms with Crippen LogP contribution in [0, 0.1) is 17.5 Å². The molecule has 2 aromatic rings. The number of hydrogen-bond acceptors (Lipinski definition) is 3. The van der Waals surface area contributed by atoms with Crippen molar-refractivity contribution in [2.45, 2.75) is 6.04 Å². The van der Waals surface area contributed by atoms with E-state index in [1.165, 1.54) is 4.68 Å². The highest BCUT2D eigenvalue weighted by molar-refractivity contribution is 5.30. The van der Waals surface area contributed by atoms with Gasteiger partial charge in [0.05, 0.1) is 11.7 Å². The lowest BCUT2D eigenvalue weighted by atomic mass is 10.0. The van der Waals surface area contributed by atoms with E-state index in [9.17, 15) is 13.2 Å². The summed E-state index contributed by atoms with van der Waals surface area (Å²) in [5.74, 6) is 2.29. The molecule has 0 radical (unpaired) electrons. The third-order valence-electron chi connectivity index (χ3n) is 2.53. The monoisotopic (exact) mass is 256 g/mol. The SMILES string of the molecule is Cn1ccc(C(NN)c2c(F)cc(F)cc2F)n1. The van der Waals surface area contributed by atoms with E-state index in [1.807, 2.05) is 0 Å². The molecule has 3 N–H and O–H groups in total. The number of hydrazine groups is 1. The van der Waals surface area contributed by atoms with E-state index in [0.717, 1.165) is 0 Å². The largest absolute Gasteiger partial charge is 0.275 e. The van der Waals surface area contributed by atoms with Crippen LogP contribution in [-0.2, 0) is 7.05 Å². The van der Waals surface area contributed by atoms with Crippen LogP contribution in [0.1, 0.15) is 17.3 Å². The first-order chi connectivity index (χ1) is 8.52. The zero-order valence-electron chi connectivity index (χ0n) is 9.49. The number of aromatic nitrogens is 2. The fraction of sp³-hybridized carbons (Fsp3) is 0.182. The summed E-state index contributed by atoms with van der Waals surface area (Å²) in [5, 5.41) is 4.01. The average molecular weight is 256 g/mol. The Balaban J connectivity index is 2.51. The van der Waals surface area contributed by atoms with Gasteiger partial charge in [-0.05, 0) is 6.07 Å². The molecule has 0 aliphatic carbocycles. The summed E-state index contributed by atoms with van der Waals surface area (Å²) in [6.07, 6.45) is 1.61. The normalized spacial score (nSPS) is 12.7. The minimum Gasteiger partial charge on any atom is -0.275 e. The molecule has 1 aromatic carbocycles. The fourth-order valence-electron chi connectivity index (χ4n) is 1.73. The van der Waals surface area contributed by atoms with Gasteiger partial charge >= 0.3 is 0 Å². The third-order valence-corrected chi connectivity index (χ3v) is 2.53. The zero-order chi connectivity index (χ0) is 13.3. The molecule has 1 unspecified atom stereocenters. The molecule has 0 aliphatic rings. The molecule has 0 saturated carbocycles. The lowest BCUT2D eigenvalue weighted by Crippen LogP contribution is -2.30. The summed E-state index contributed by atoms with van der Waals surface area (Å²) in [5.41, 5.74) is 2.24. The Morgan fingerprint density at radius 2 is 1.89 bits per heavy atom. The second kappa shape index (κ2) is 4.79. The molecule has 0 bridgehead atoms. The van der Waals surface area contributed by atoms with Gasteiger partial charge in [-0.1, -0.05) is 0 Å². The second-order valence-electron chi connectivity index (χ2n) is 3.80. The maximum atomic E-state index is 13.6. The van der Waals surface area contributed by atoms with Crippen LogP contribution in [0.15, 0.2) is 24.4 Å². The molecule has 2 rings (SSSR count). The van der Waals surface area contributed by atoms with Gasteiger partial charge in [-0.15, -0.1) is 0 Å². The fourth-order valence-corrected chi connectivity index (χ4v) is 1.73. The van der Waals surface area contributed by atoms with Crippen LogP contribution < -0.4 is 11.3 Å². The Morgan fingerprint density at radius 3 is 2.33 bits per heavy atom. The van der Waals surface area contributed by atoms with Crippen molar-refractivity contribution in [2.24, 2.45) is 12.9 Å². The van der Waals surface area contributed by atoms with Crippen molar-refractivity contribution < 1.29 is 13.2 Å². The van der Waals surface area contributed by atoms with Gasteiger partial charge in [0.2, 0.25) is 0 Å². The van der Waals surface area contributed by atoms with Crippen molar-refractivity contribution in [3.05, 3.63) is 53.1 Å². The lowest BCUT2D eigenvalue weighted by molar-refractivity contribution is 0.486. The summed E-state index contributed by atoms with van der Waals surface area (Å²) in [7, 11) is 1.66. The molecule has 18 heavy (non-hydrogen) atoms. The van der Waals surface area contributed by atoms with Gasteiger partial charge in [0.25, 0.3) is 0 Å². The Morgan fingerprint density at radius 1 is 1.28 bits per heavy atom. The van der Waals surface area contributed by atoms with Gasteiger partial charge < -0.3 is 0 Å². The van der Waals surface area contributed by atoms with E-state index in [1.54, 1.807) is 19.3 Å². The summed E-state index contributed by atoms with van der Waals surface area (Å²) >= 11 is 0. The number of halogens is 3. The van der Waals surface area contributed by atoms with Gasteiger partial charge in [0, 0.05) is 30.9 Å². The molecule has 0 saturated heterocycles. The standard InChI is InChI=1S/C11H11F3N4/c1-18-3-2-9(17-18)11(16-15)10-7(13)4-6(12)5-8(10)14/h2-5,11,16H,15H2,1H3. The number of hydrogen-bond donors (Lipinski definition) is 2. The lowest BCUT2D eigenvalue weighted by Gasteiger charge is -2.15. The maximum Gasteiger partial charge on any atom is 0.134 e. The summed E-state index contributed by atoms with van der Waals surface area (Å²) in [4.78, 5) is 0. The van der Waals surface area contributed by atoms with Crippen molar-refractivity contribution in [1.29, 1.82) is 0 Å². The van der Waals surface area contributed by atoms with Crippen LogP contribution in [0.2, 0.25) is 0 Å². The molecule has 1 atom stereocenters. The van der Waals surface area contributed by atoms with Crippen LogP contribution in [0.4, 0.5) is 13.2 Å². The molecular weight excluding hydrogens is 245 g/mol. The van der Waals surface area contributed by atoms with Gasteiger partial charge in [-0.2, -0.15) is 5.10 Å². The van der Waals surface area contributed by atoms with E-state index in [2.05, 4.69) is 10.5 Å². The van der Waals surface area contributed by atoms with Crippen LogP contribution in [0.25, 0.3) is 0 Å². The van der Waals surface area contributed by atoms with Crippen LogP contribution >= 0.6 is 0 Å². The quantitative estimate of drug-likeness (QED) is 0.644. The molecule has 1 heterocycles. The third kappa shape index (κ3) is 2.22. The van der Waals surface area contributed by atoms with Crippen LogP contribution in [-0.4, -0.2) is 9.78 Å². The van der Waals surface area contributed by atoms with Crippen molar-refractivity contribution in [1.82, 2.24) is 15.2 Å². The molecule has 7 heteroatoms. The van der Waals surface area contributed by atoms with Gasteiger partial charge in [-0.25, -0.2) is 18.6 Å². The molecule has 0 fully saturated rings. The van der Waals surface area contributed by atoms with Crippen molar-refractivity contribution in [2.75, 3.05) is 0 Å². The van der Waals surface area contributed by atoms with Crippen LogP contribution in [0.3, 0.4) is 0 Å². The smallest absolute Gasteiger partial charge is 0.134 e. The topological polar surface area (TPSA) is 55.9 Å².